The minimum absolute atomic E-state index is 0.161. The SMILES string of the molecule is CC.CCC(OC)n1ncc2c(F)cc(Br)cc21. The summed E-state index contributed by atoms with van der Waals surface area (Å²) in [6, 6.07) is 3.27. The van der Waals surface area contributed by atoms with E-state index < -0.39 is 0 Å². The van der Waals surface area contributed by atoms with Crippen LogP contribution < -0.4 is 0 Å². The first kappa shape index (κ1) is 15.1. The molecule has 3 nitrogen and oxygen atoms in total. The molecule has 1 unspecified atom stereocenters. The molecule has 0 spiro atoms. The first-order valence-corrected chi connectivity index (χ1v) is 6.81. The summed E-state index contributed by atoms with van der Waals surface area (Å²) in [5, 5.41) is 4.68. The highest BCUT2D eigenvalue weighted by atomic mass is 79.9. The predicted octanol–water partition coefficient (Wildman–Crippen LogP) is 4.52. The summed E-state index contributed by atoms with van der Waals surface area (Å²) in [5.41, 5.74) is 0.737. The second kappa shape index (κ2) is 6.85. The van der Waals surface area contributed by atoms with Gasteiger partial charge in [-0.15, -0.1) is 0 Å². The van der Waals surface area contributed by atoms with Gasteiger partial charge in [0, 0.05) is 11.6 Å². The van der Waals surface area contributed by atoms with Crippen LogP contribution in [0.1, 0.15) is 33.4 Å². The highest BCUT2D eigenvalue weighted by Gasteiger charge is 2.14. The standard InChI is InChI=1S/C11H12BrFN2O.C2H6/c1-3-11(16-2)15-10-5-7(12)4-9(13)8(10)6-14-15;1-2/h4-6,11H,3H2,1-2H3;1-2H3. The van der Waals surface area contributed by atoms with Crippen molar-refractivity contribution in [2.45, 2.75) is 33.4 Å². The molecule has 18 heavy (non-hydrogen) atoms. The van der Waals surface area contributed by atoms with Crippen molar-refractivity contribution in [1.29, 1.82) is 0 Å². The molecule has 0 aliphatic carbocycles. The van der Waals surface area contributed by atoms with Gasteiger partial charge >= 0.3 is 0 Å². The number of hydrogen-bond donors (Lipinski definition) is 0. The molecular formula is C13H18BrFN2O. The number of benzene rings is 1. The largest absolute Gasteiger partial charge is 0.360 e. The summed E-state index contributed by atoms with van der Waals surface area (Å²) >= 11 is 3.27. The van der Waals surface area contributed by atoms with Gasteiger partial charge in [0.1, 0.15) is 12.0 Å². The number of nitrogens with zero attached hydrogens (tertiary/aromatic N) is 2. The van der Waals surface area contributed by atoms with E-state index in [0.717, 1.165) is 11.9 Å². The minimum Gasteiger partial charge on any atom is -0.360 e. The Labute approximate surface area is 115 Å². The van der Waals surface area contributed by atoms with Crippen molar-refractivity contribution < 1.29 is 9.13 Å². The fourth-order valence-electron chi connectivity index (χ4n) is 1.74. The summed E-state index contributed by atoms with van der Waals surface area (Å²) < 4.78 is 21.3. The van der Waals surface area contributed by atoms with Crippen LogP contribution in [0.15, 0.2) is 22.8 Å². The Morgan fingerprint density at radius 3 is 2.67 bits per heavy atom. The van der Waals surface area contributed by atoms with Gasteiger partial charge < -0.3 is 4.74 Å². The first-order valence-electron chi connectivity index (χ1n) is 6.02. The zero-order valence-electron chi connectivity index (χ0n) is 11.1. The Hall–Kier alpha value is -0.940. The molecule has 1 atom stereocenters. The first-order chi connectivity index (χ1) is 8.67. The van der Waals surface area contributed by atoms with E-state index in [4.69, 9.17) is 4.74 Å². The van der Waals surface area contributed by atoms with E-state index in [2.05, 4.69) is 21.0 Å². The zero-order chi connectivity index (χ0) is 13.7. The van der Waals surface area contributed by atoms with Crippen molar-refractivity contribution in [3.8, 4) is 0 Å². The van der Waals surface area contributed by atoms with Gasteiger partial charge in [0.2, 0.25) is 0 Å². The second-order valence-electron chi connectivity index (χ2n) is 3.51. The molecule has 0 aliphatic rings. The van der Waals surface area contributed by atoms with E-state index in [0.29, 0.717) is 9.86 Å². The number of halogens is 2. The van der Waals surface area contributed by atoms with E-state index in [9.17, 15) is 4.39 Å². The molecule has 2 aromatic rings. The summed E-state index contributed by atoms with van der Waals surface area (Å²) in [6.07, 6.45) is 2.14. The molecule has 0 radical (unpaired) electrons. The fourth-order valence-corrected chi connectivity index (χ4v) is 2.16. The number of rotatable bonds is 3. The molecule has 100 valence electrons. The molecule has 0 N–H and O–H groups in total. The summed E-state index contributed by atoms with van der Waals surface area (Å²) in [4.78, 5) is 0. The maximum atomic E-state index is 13.6. The molecule has 1 heterocycles. The lowest BCUT2D eigenvalue weighted by Crippen LogP contribution is -2.11. The molecule has 2 rings (SSSR count). The molecule has 5 heteroatoms. The molecule has 0 amide bonds. The Morgan fingerprint density at radius 2 is 2.11 bits per heavy atom. The minimum atomic E-state index is -0.276. The Kier molecular flexibility index (Phi) is 5.75. The second-order valence-corrected chi connectivity index (χ2v) is 4.42. The highest BCUT2D eigenvalue weighted by molar-refractivity contribution is 9.10. The van der Waals surface area contributed by atoms with E-state index in [1.165, 1.54) is 12.3 Å². The number of aromatic nitrogens is 2. The Morgan fingerprint density at radius 1 is 1.44 bits per heavy atom. The van der Waals surface area contributed by atoms with Crippen LogP contribution in [0.3, 0.4) is 0 Å². The molecule has 1 aromatic heterocycles. The molecular weight excluding hydrogens is 299 g/mol. The van der Waals surface area contributed by atoms with E-state index in [1.54, 1.807) is 11.8 Å². The zero-order valence-corrected chi connectivity index (χ0v) is 12.7. The Bertz CT molecular complexity index is 509. The summed E-state index contributed by atoms with van der Waals surface area (Å²) in [5.74, 6) is -0.276. The molecule has 1 aromatic carbocycles. The molecule has 0 aliphatic heterocycles. The van der Waals surface area contributed by atoms with Crippen LogP contribution in [0.5, 0.6) is 0 Å². The predicted molar refractivity (Wildman–Crippen MR) is 75.1 cm³/mol. The molecule has 0 fully saturated rings. The van der Waals surface area contributed by atoms with Gasteiger partial charge in [-0.25, -0.2) is 9.07 Å². The van der Waals surface area contributed by atoms with Crippen LogP contribution in [0.25, 0.3) is 10.9 Å². The van der Waals surface area contributed by atoms with Crippen molar-refractivity contribution in [2.24, 2.45) is 0 Å². The van der Waals surface area contributed by atoms with Gasteiger partial charge in [-0.3, -0.25) is 0 Å². The van der Waals surface area contributed by atoms with Gasteiger partial charge in [0.25, 0.3) is 0 Å². The molecule has 0 saturated heterocycles. The number of methoxy groups -OCH3 is 1. The van der Waals surface area contributed by atoms with Crippen molar-refractivity contribution in [1.82, 2.24) is 9.78 Å². The third-order valence-corrected chi connectivity index (χ3v) is 2.98. The fraction of sp³-hybridized carbons (Fsp3) is 0.462. The van der Waals surface area contributed by atoms with Crippen molar-refractivity contribution in [3.05, 3.63) is 28.6 Å². The van der Waals surface area contributed by atoms with Gasteiger partial charge in [0.15, 0.2) is 0 Å². The van der Waals surface area contributed by atoms with Crippen LogP contribution in [0.2, 0.25) is 0 Å². The number of ether oxygens (including phenoxy) is 1. The number of fused-ring (bicyclic) bond motifs is 1. The van der Waals surface area contributed by atoms with E-state index in [1.807, 2.05) is 26.8 Å². The van der Waals surface area contributed by atoms with Gasteiger partial charge in [-0.2, -0.15) is 5.10 Å². The Balaban J connectivity index is 0.000000771. The third kappa shape index (κ3) is 2.90. The highest BCUT2D eigenvalue weighted by Crippen LogP contribution is 2.26. The van der Waals surface area contributed by atoms with E-state index >= 15 is 0 Å². The summed E-state index contributed by atoms with van der Waals surface area (Å²) in [7, 11) is 1.62. The lowest BCUT2D eigenvalue weighted by molar-refractivity contribution is 0.0346. The van der Waals surface area contributed by atoms with Gasteiger partial charge in [-0.05, 0) is 18.6 Å². The van der Waals surface area contributed by atoms with Crippen molar-refractivity contribution >= 4 is 26.8 Å². The smallest absolute Gasteiger partial charge is 0.150 e. The topological polar surface area (TPSA) is 27.1 Å². The lowest BCUT2D eigenvalue weighted by Gasteiger charge is -2.14. The summed E-state index contributed by atoms with van der Waals surface area (Å²) in [6.45, 7) is 6.00. The average Bonchev–Trinajstić information content (AvgIpc) is 2.78. The quantitative estimate of drug-likeness (QED) is 0.832. The maximum absolute atomic E-state index is 13.6. The monoisotopic (exact) mass is 316 g/mol. The third-order valence-electron chi connectivity index (χ3n) is 2.52. The van der Waals surface area contributed by atoms with Gasteiger partial charge in [-0.1, -0.05) is 36.7 Å². The van der Waals surface area contributed by atoms with E-state index in [-0.39, 0.29) is 12.0 Å². The van der Waals surface area contributed by atoms with Crippen LogP contribution >= 0.6 is 15.9 Å². The van der Waals surface area contributed by atoms with Crippen molar-refractivity contribution in [3.63, 3.8) is 0 Å². The van der Waals surface area contributed by atoms with Crippen molar-refractivity contribution in [2.75, 3.05) is 7.11 Å². The lowest BCUT2D eigenvalue weighted by atomic mass is 10.2. The number of hydrogen-bond acceptors (Lipinski definition) is 2. The van der Waals surface area contributed by atoms with Crippen LogP contribution in [-0.2, 0) is 4.74 Å². The van der Waals surface area contributed by atoms with Crippen LogP contribution in [-0.4, -0.2) is 16.9 Å². The molecule has 0 saturated carbocycles. The molecule has 0 bridgehead atoms. The van der Waals surface area contributed by atoms with Crippen LogP contribution in [0.4, 0.5) is 4.39 Å². The average molecular weight is 317 g/mol. The van der Waals surface area contributed by atoms with Crippen LogP contribution in [0, 0.1) is 5.82 Å². The normalized spacial score (nSPS) is 12.1. The maximum Gasteiger partial charge on any atom is 0.150 e. The van der Waals surface area contributed by atoms with Gasteiger partial charge in [0.05, 0.1) is 17.1 Å².